The van der Waals surface area contributed by atoms with Crippen molar-refractivity contribution in [1.82, 2.24) is 4.90 Å². The van der Waals surface area contributed by atoms with Crippen LogP contribution in [0.3, 0.4) is 0 Å². The molecule has 0 aromatic rings. The van der Waals surface area contributed by atoms with Gasteiger partial charge in [0.15, 0.2) is 0 Å². The van der Waals surface area contributed by atoms with Crippen LogP contribution in [0.25, 0.3) is 0 Å². The summed E-state index contributed by atoms with van der Waals surface area (Å²) in [6.45, 7) is 0.0401. The molecule has 0 fully saturated rings. The van der Waals surface area contributed by atoms with Gasteiger partial charge in [-0.3, -0.25) is 14.4 Å². The van der Waals surface area contributed by atoms with Crippen molar-refractivity contribution in [2.75, 3.05) is 13.1 Å². The first-order chi connectivity index (χ1) is 6.34. The van der Waals surface area contributed by atoms with Crippen molar-refractivity contribution in [3.63, 3.8) is 0 Å². The van der Waals surface area contributed by atoms with Gasteiger partial charge in [0.2, 0.25) is 5.91 Å². The maximum absolute atomic E-state index is 11.2. The summed E-state index contributed by atoms with van der Waals surface area (Å²) in [5, 5.41) is 16.8. The first kappa shape index (κ1) is 12.4. The van der Waals surface area contributed by atoms with Gasteiger partial charge >= 0.3 is 11.9 Å². The van der Waals surface area contributed by atoms with E-state index in [9.17, 15) is 14.4 Å². The standard InChI is InChI=1S/C7H12N2O5/c1-4(8)7(14)9(2-5(10)11)3-6(12)13/h4H,2-3,8H2,1H3,(H,10,11)(H,12,13)/t4-/m0/s1. The Morgan fingerprint density at radius 2 is 1.57 bits per heavy atom. The quantitative estimate of drug-likeness (QED) is 0.492. The molecule has 0 saturated heterocycles. The van der Waals surface area contributed by atoms with Crippen molar-refractivity contribution in [3.8, 4) is 0 Å². The number of carboxylic acids is 2. The Bertz CT molecular complexity index is 234. The number of nitrogens with zero attached hydrogens (tertiary/aromatic N) is 1. The molecule has 1 atom stereocenters. The number of aliphatic carboxylic acids is 2. The molecule has 0 bridgehead atoms. The summed E-state index contributed by atoms with van der Waals surface area (Å²) in [5.41, 5.74) is 5.21. The van der Waals surface area contributed by atoms with Crippen molar-refractivity contribution in [2.24, 2.45) is 5.73 Å². The SMILES string of the molecule is C[C@H](N)C(=O)N(CC(=O)O)CC(=O)O. The molecule has 7 nitrogen and oxygen atoms in total. The first-order valence-corrected chi connectivity index (χ1v) is 3.82. The molecule has 0 heterocycles. The molecule has 14 heavy (non-hydrogen) atoms. The second kappa shape index (κ2) is 5.18. The molecule has 80 valence electrons. The van der Waals surface area contributed by atoms with Crippen molar-refractivity contribution >= 4 is 17.8 Å². The van der Waals surface area contributed by atoms with Gasteiger partial charge in [-0.05, 0) is 6.92 Å². The molecule has 0 aliphatic carbocycles. The summed E-state index contributed by atoms with van der Waals surface area (Å²) in [5.74, 6) is -3.25. The smallest absolute Gasteiger partial charge is 0.323 e. The van der Waals surface area contributed by atoms with E-state index in [0.29, 0.717) is 4.90 Å². The fraction of sp³-hybridized carbons (Fsp3) is 0.571. The summed E-state index contributed by atoms with van der Waals surface area (Å²) < 4.78 is 0. The fourth-order valence-corrected chi connectivity index (χ4v) is 0.826. The molecule has 0 saturated carbocycles. The summed E-state index contributed by atoms with van der Waals surface area (Å²) in [6, 6.07) is -0.909. The largest absolute Gasteiger partial charge is 0.480 e. The molecular formula is C7H12N2O5. The number of nitrogens with two attached hydrogens (primary N) is 1. The van der Waals surface area contributed by atoms with Crippen LogP contribution in [-0.2, 0) is 14.4 Å². The van der Waals surface area contributed by atoms with Crippen LogP contribution in [0.2, 0.25) is 0 Å². The third-order valence-corrected chi connectivity index (χ3v) is 1.35. The third kappa shape index (κ3) is 4.41. The van der Waals surface area contributed by atoms with Crippen LogP contribution in [-0.4, -0.2) is 52.1 Å². The van der Waals surface area contributed by atoms with Crippen LogP contribution in [0.5, 0.6) is 0 Å². The monoisotopic (exact) mass is 204 g/mol. The summed E-state index contributed by atoms with van der Waals surface area (Å²) in [4.78, 5) is 32.4. The van der Waals surface area contributed by atoms with Gasteiger partial charge in [0.25, 0.3) is 0 Å². The molecular weight excluding hydrogens is 192 g/mol. The zero-order chi connectivity index (χ0) is 11.3. The minimum Gasteiger partial charge on any atom is -0.480 e. The van der Waals surface area contributed by atoms with Crippen LogP contribution in [0, 0.1) is 0 Å². The van der Waals surface area contributed by atoms with E-state index in [4.69, 9.17) is 15.9 Å². The Balaban J connectivity index is 4.46. The highest BCUT2D eigenvalue weighted by molar-refractivity contribution is 5.87. The number of hydrogen-bond acceptors (Lipinski definition) is 4. The highest BCUT2D eigenvalue weighted by Gasteiger charge is 2.21. The van der Waals surface area contributed by atoms with E-state index >= 15 is 0 Å². The maximum Gasteiger partial charge on any atom is 0.323 e. The zero-order valence-corrected chi connectivity index (χ0v) is 7.64. The minimum absolute atomic E-state index is 0.660. The third-order valence-electron chi connectivity index (χ3n) is 1.35. The van der Waals surface area contributed by atoms with Gasteiger partial charge < -0.3 is 20.8 Å². The molecule has 0 aliphatic rings. The second-order valence-corrected chi connectivity index (χ2v) is 2.77. The molecule has 7 heteroatoms. The molecule has 0 spiro atoms. The van der Waals surface area contributed by atoms with Crippen molar-refractivity contribution in [1.29, 1.82) is 0 Å². The zero-order valence-electron chi connectivity index (χ0n) is 7.64. The predicted molar refractivity (Wildman–Crippen MR) is 45.5 cm³/mol. The number of carboxylic acid groups (broad SMARTS) is 2. The Morgan fingerprint density at radius 3 is 1.79 bits per heavy atom. The van der Waals surface area contributed by atoms with Gasteiger partial charge in [-0.1, -0.05) is 0 Å². The fourth-order valence-electron chi connectivity index (χ4n) is 0.826. The number of carbonyl (C=O) groups is 3. The van der Waals surface area contributed by atoms with E-state index in [2.05, 4.69) is 0 Å². The van der Waals surface area contributed by atoms with E-state index in [-0.39, 0.29) is 0 Å². The van der Waals surface area contributed by atoms with Gasteiger partial charge in [0, 0.05) is 0 Å². The van der Waals surface area contributed by atoms with Crippen LogP contribution in [0.15, 0.2) is 0 Å². The first-order valence-electron chi connectivity index (χ1n) is 3.82. The van der Waals surface area contributed by atoms with Crippen LogP contribution in [0.1, 0.15) is 6.92 Å². The number of amides is 1. The number of carbonyl (C=O) groups excluding carboxylic acids is 1. The Morgan fingerprint density at radius 1 is 1.21 bits per heavy atom. The normalized spacial score (nSPS) is 11.9. The Hall–Kier alpha value is -1.63. The maximum atomic E-state index is 11.2. The predicted octanol–water partition coefficient (Wildman–Crippen LogP) is -1.67. The molecule has 0 aromatic heterocycles. The van der Waals surface area contributed by atoms with Crippen LogP contribution in [0.4, 0.5) is 0 Å². The lowest BCUT2D eigenvalue weighted by Gasteiger charge is -2.20. The van der Waals surface area contributed by atoms with Gasteiger partial charge in [0.1, 0.15) is 13.1 Å². The lowest BCUT2D eigenvalue weighted by molar-refractivity contribution is -0.149. The van der Waals surface area contributed by atoms with Crippen LogP contribution >= 0.6 is 0 Å². The van der Waals surface area contributed by atoms with E-state index < -0.39 is 37.0 Å². The number of hydrogen-bond donors (Lipinski definition) is 3. The molecule has 0 radical (unpaired) electrons. The highest BCUT2D eigenvalue weighted by atomic mass is 16.4. The van der Waals surface area contributed by atoms with Gasteiger partial charge in [0.05, 0.1) is 6.04 Å². The van der Waals surface area contributed by atoms with Crippen molar-refractivity contribution < 1.29 is 24.6 Å². The molecule has 0 aliphatic heterocycles. The van der Waals surface area contributed by atoms with Gasteiger partial charge in [-0.2, -0.15) is 0 Å². The van der Waals surface area contributed by atoms with Crippen molar-refractivity contribution in [3.05, 3.63) is 0 Å². The lowest BCUT2D eigenvalue weighted by atomic mass is 10.3. The topological polar surface area (TPSA) is 121 Å². The Labute approximate surface area is 80.1 Å². The van der Waals surface area contributed by atoms with Crippen molar-refractivity contribution in [2.45, 2.75) is 13.0 Å². The molecule has 1 amide bonds. The molecule has 0 aromatic carbocycles. The van der Waals surface area contributed by atoms with E-state index in [0.717, 1.165) is 0 Å². The van der Waals surface area contributed by atoms with E-state index in [1.807, 2.05) is 0 Å². The van der Waals surface area contributed by atoms with E-state index in [1.165, 1.54) is 6.92 Å². The Kier molecular flexibility index (Phi) is 4.57. The summed E-state index contributed by atoms with van der Waals surface area (Å²) in [6.07, 6.45) is 0. The highest BCUT2D eigenvalue weighted by Crippen LogP contribution is 1.93. The molecule has 4 N–H and O–H groups in total. The average molecular weight is 204 g/mol. The molecule has 0 unspecified atom stereocenters. The van der Waals surface area contributed by atoms with Gasteiger partial charge in [-0.25, -0.2) is 0 Å². The summed E-state index contributed by atoms with van der Waals surface area (Å²) >= 11 is 0. The van der Waals surface area contributed by atoms with Crippen LogP contribution < -0.4 is 5.73 Å². The second-order valence-electron chi connectivity index (χ2n) is 2.77. The number of rotatable bonds is 5. The lowest BCUT2D eigenvalue weighted by Crippen LogP contribution is -2.46. The van der Waals surface area contributed by atoms with Gasteiger partial charge in [-0.15, -0.1) is 0 Å². The minimum atomic E-state index is -1.28. The summed E-state index contributed by atoms with van der Waals surface area (Å²) in [7, 11) is 0. The van der Waals surface area contributed by atoms with E-state index in [1.54, 1.807) is 0 Å². The average Bonchev–Trinajstić information content (AvgIpc) is 1.99. The molecule has 0 rings (SSSR count).